The van der Waals surface area contributed by atoms with Crippen molar-refractivity contribution in [3.05, 3.63) is 65.7 Å². The van der Waals surface area contributed by atoms with Gasteiger partial charge >= 0.3 is 0 Å². The summed E-state index contributed by atoms with van der Waals surface area (Å²) in [6.45, 7) is -0.235. The first-order valence-electron chi connectivity index (χ1n) is 7.16. The molecule has 0 saturated heterocycles. The van der Waals surface area contributed by atoms with E-state index < -0.39 is 18.0 Å². The molecule has 1 unspecified atom stereocenters. The fourth-order valence-corrected chi connectivity index (χ4v) is 2.60. The molecule has 6 heteroatoms. The highest BCUT2D eigenvalue weighted by molar-refractivity contribution is 6.20. The van der Waals surface area contributed by atoms with Crippen molar-refractivity contribution in [2.75, 3.05) is 11.4 Å². The molecule has 23 heavy (non-hydrogen) atoms. The van der Waals surface area contributed by atoms with Crippen LogP contribution >= 0.6 is 0 Å². The second-order valence-corrected chi connectivity index (χ2v) is 5.20. The summed E-state index contributed by atoms with van der Waals surface area (Å²) in [7, 11) is 0. The summed E-state index contributed by atoms with van der Waals surface area (Å²) in [6, 6.07) is 16.7. The number of benzene rings is 2. The molecule has 0 aliphatic carbocycles. The molecule has 0 radical (unpaired) electrons. The van der Waals surface area contributed by atoms with Gasteiger partial charge in [0.25, 0.3) is 5.91 Å². The number of hydrogen-bond acceptors (Lipinski definition) is 4. The zero-order chi connectivity index (χ0) is 16.4. The van der Waals surface area contributed by atoms with E-state index in [0.29, 0.717) is 11.4 Å². The van der Waals surface area contributed by atoms with E-state index in [1.54, 1.807) is 12.1 Å². The van der Waals surface area contributed by atoms with E-state index in [9.17, 15) is 9.59 Å². The lowest BCUT2D eigenvalue weighted by molar-refractivity contribution is -0.123. The molecule has 0 fully saturated rings. The molecule has 0 bridgehead atoms. The minimum absolute atomic E-state index is 0.235. The number of amides is 2. The van der Waals surface area contributed by atoms with Crippen LogP contribution in [-0.4, -0.2) is 30.2 Å². The maximum absolute atomic E-state index is 12.5. The zero-order valence-corrected chi connectivity index (χ0v) is 12.3. The van der Waals surface area contributed by atoms with E-state index in [1.807, 2.05) is 42.5 Å². The van der Waals surface area contributed by atoms with Gasteiger partial charge < -0.3 is 11.5 Å². The lowest BCUT2D eigenvalue weighted by atomic mass is 10.0. The fraction of sp³-hybridized carbons (Fsp3) is 0.118. The Bertz CT molecular complexity index is 786. The molecular formula is C17H16N4O2. The molecule has 4 N–H and O–H groups in total. The fourth-order valence-electron chi connectivity index (χ4n) is 2.60. The topological polar surface area (TPSA) is 102 Å². The van der Waals surface area contributed by atoms with Crippen molar-refractivity contribution in [2.24, 2.45) is 16.5 Å². The number of carbonyl (C=O) groups is 2. The van der Waals surface area contributed by atoms with Crippen LogP contribution in [0.15, 0.2) is 59.6 Å². The summed E-state index contributed by atoms with van der Waals surface area (Å²) in [5.74, 6) is -1.06. The Hall–Kier alpha value is -2.99. The highest BCUT2D eigenvalue weighted by Gasteiger charge is 2.30. The third-order valence-electron chi connectivity index (χ3n) is 3.60. The van der Waals surface area contributed by atoms with Gasteiger partial charge in [0.2, 0.25) is 5.91 Å². The Morgan fingerprint density at radius 2 is 1.74 bits per heavy atom. The van der Waals surface area contributed by atoms with Gasteiger partial charge in [-0.25, -0.2) is 0 Å². The van der Waals surface area contributed by atoms with E-state index in [-0.39, 0.29) is 6.54 Å². The summed E-state index contributed by atoms with van der Waals surface area (Å²) in [5, 5.41) is 0. The normalized spacial score (nSPS) is 17.3. The van der Waals surface area contributed by atoms with E-state index >= 15 is 0 Å². The molecule has 3 rings (SSSR count). The third kappa shape index (κ3) is 2.84. The van der Waals surface area contributed by atoms with Crippen molar-refractivity contribution in [2.45, 2.75) is 6.17 Å². The van der Waals surface area contributed by atoms with Gasteiger partial charge in [-0.15, -0.1) is 0 Å². The van der Waals surface area contributed by atoms with Crippen molar-refractivity contribution < 1.29 is 9.59 Å². The summed E-state index contributed by atoms with van der Waals surface area (Å²) in [4.78, 5) is 29.5. The van der Waals surface area contributed by atoms with Crippen LogP contribution in [0.2, 0.25) is 0 Å². The van der Waals surface area contributed by atoms with Crippen molar-refractivity contribution >= 4 is 23.2 Å². The van der Waals surface area contributed by atoms with Crippen LogP contribution in [0.5, 0.6) is 0 Å². The Morgan fingerprint density at radius 3 is 2.43 bits per heavy atom. The zero-order valence-electron chi connectivity index (χ0n) is 12.3. The van der Waals surface area contributed by atoms with Gasteiger partial charge in [0.15, 0.2) is 6.17 Å². The first-order chi connectivity index (χ1) is 11.1. The largest absolute Gasteiger partial charge is 0.368 e. The first-order valence-corrected chi connectivity index (χ1v) is 7.16. The first kappa shape index (κ1) is 14.9. The molecule has 2 aromatic rings. The van der Waals surface area contributed by atoms with Crippen LogP contribution in [0.1, 0.15) is 11.1 Å². The van der Waals surface area contributed by atoms with Crippen LogP contribution < -0.4 is 16.4 Å². The molecule has 2 amide bonds. The van der Waals surface area contributed by atoms with E-state index in [4.69, 9.17) is 11.5 Å². The molecule has 1 aliphatic heterocycles. The van der Waals surface area contributed by atoms with E-state index in [2.05, 4.69) is 4.99 Å². The van der Waals surface area contributed by atoms with Gasteiger partial charge in [0.05, 0.1) is 11.4 Å². The van der Waals surface area contributed by atoms with Crippen molar-refractivity contribution in [1.82, 2.24) is 0 Å². The predicted molar refractivity (Wildman–Crippen MR) is 88.0 cm³/mol. The van der Waals surface area contributed by atoms with Gasteiger partial charge in [0, 0.05) is 11.1 Å². The number of fused-ring (bicyclic) bond motifs is 1. The quantitative estimate of drug-likeness (QED) is 0.870. The second kappa shape index (κ2) is 6.02. The number of aliphatic imine (C=N–C) groups is 1. The van der Waals surface area contributed by atoms with Crippen LogP contribution in [0.4, 0.5) is 5.69 Å². The molecule has 6 nitrogen and oxygen atoms in total. The third-order valence-corrected chi connectivity index (χ3v) is 3.60. The lowest BCUT2D eigenvalue weighted by Crippen LogP contribution is -2.46. The Kier molecular flexibility index (Phi) is 3.91. The lowest BCUT2D eigenvalue weighted by Gasteiger charge is -2.22. The number of anilines is 1. The minimum Gasteiger partial charge on any atom is -0.368 e. The molecular weight excluding hydrogens is 292 g/mol. The summed E-state index contributed by atoms with van der Waals surface area (Å²) in [6.07, 6.45) is -1.09. The Morgan fingerprint density at radius 1 is 1.09 bits per heavy atom. The molecule has 0 saturated carbocycles. The molecule has 1 heterocycles. The molecule has 116 valence electrons. The maximum Gasteiger partial charge on any atom is 0.266 e. The smallest absolute Gasteiger partial charge is 0.266 e. The molecule has 1 aliphatic rings. The average molecular weight is 308 g/mol. The van der Waals surface area contributed by atoms with Crippen molar-refractivity contribution in [3.8, 4) is 0 Å². The van der Waals surface area contributed by atoms with Gasteiger partial charge in [-0.3, -0.25) is 19.5 Å². The highest BCUT2D eigenvalue weighted by atomic mass is 16.2. The number of rotatable bonds is 3. The summed E-state index contributed by atoms with van der Waals surface area (Å²) in [5.41, 5.74) is 14.0. The number of para-hydroxylation sites is 1. The number of benzodiazepines with no additional fused rings is 1. The average Bonchev–Trinajstić information content (AvgIpc) is 2.66. The standard InChI is InChI=1S/C17H16N4O2/c18-14(22)10-21-13-9-5-4-8-12(13)15(20-16(19)17(21)23)11-6-2-1-3-7-11/h1-9,16H,10,19H2,(H2,18,22). The van der Waals surface area contributed by atoms with Gasteiger partial charge in [-0.05, 0) is 6.07 Å². The SMILES string of the molecule is NC(=O)CN1C(=O)C(N)N=C(c2ccccc2)c2ccccc21. The van der Waals surface area contributed by atoms with Crippen molar-refractivity contribution in [3.63, 3.8) is 0 Å². The Labute approximate surface area is 133 Å². The van der Waals surface area contributed by atoms with Gasteiger partial charge in [0.1, 0.15) is 6.54 Å². The molecule has 2 aromatic carbocycles. The minimum atomic E-state index is -1.09. The van der Waals surface area contributed by atoms with Crippen molar-refractivity contribution in [1.29, 1.82) is 0 Å². The van der Waals surface area contributed by atoms with Gasteiger partial charge in [-0.2, -0.15) is 0 Å². The number of nitrogens with two attached hydrogens (primary N) is 2. The number of carbonyl (C=O) groups excluding carboxylic acids is 2. The maximum atomic E-state index is 12.5. The number of primary amides is 1. The monoisotopic (exact) mass is 308 g/mol. The highest BCUT2D eigenvalue weighted by Crippen LogP contribution is 2.27. The van der Waals surface area contributed by atoms with E-state index in [1.165, 1.54) is 4.90 Å². The second-order valence-electron chi connectivity index (χ2n) is 5.20. The molecule has 0 spiro atoms. The van der Waals surface area contributed by atoms with Crippen LogP contribution in [-0.2, 0) is 9.59 Å². The molecule has 1 atom stereocenters. The molecule has 0 aromatic heterocycles. The van der Waals surface area contributed by atoms with Crippen LogP contribution in [0.25, 0.3) is 0 Å². The number of nitrogens with zero attached hydrogens (tertiary/aromatic N) is 2. The summed E-state index contributed by atoms with van der Waals surface area (Å²) < 4.78 is 0. The number of hydrogen-bond donors (Lipinski definition) is 2. The predicted octanol–water partition coefficient (Wildman–Crippen LogP) is 0.641. The van der Waals surface area contributed by atoms with Gasteiger partial charge in [-0.1, -0.05) is 48.5 Å². The van der Waals surface area contributed by atoms with E-state index in [0.717, 1.165) is 11.1 Å². The van der Waals surface area contributed by atoms with Crippen LogP contribution in [0, 0.1) is 0 Å². The Balaban J connectivity index is 2.20. The van der Waals surface area contributed by atoms with Crippen LogP contribution in [0.3, 0.4) is 0 Å². The summed E-state index contributed by atoms with van der Waals surface area (Å²) >= 11 is 0.